The van der Waals surface area contributed by atoms with E-state index in [0.29, 0.717) is 5.78 Å². The molecule has 3 heteroatoms. The Morgan fingerprint density at radius 1 is 1.29 bits per heavy atom. The number of Topliss-reactive ketones (excluding diaryl/α,β-unsaturated/α-hetero) is 1. The summed E-state index contributed by atoms with van der Waals surface area (Å²) in [5, 5.41) is 3.09. The second kappa shape index (κ2) is 5.32. The van der Waals surface area contributed by atoms with E-state index in [-0.39, 0.29) is 5.92 Å². The molecule has 0 atom stereocenters. The van der Waals surface area contributed by atoms with Crippen molar-refractivity contribution in [3.05, 3.63) is 29.8 Å². The Bertz CT molecular complexity index is 395. The van der Waals surface area contributed by atoms with Crippen molar-refractivity contribution in [1.29, 1.82) is 0 Å². The van der Waals surface area contributed by atoms with Crippen LogP contribution in [-0.4, -0.2) is 37.9 Å². The highest BCUT2D eigenvalue weighted by Gasteiger charge is 2.25. The summed E-state index contributed by atoms with van der Waals surface area (Å²) in [6.07, 6.45) is 1.96. The minimum atomic E-state index is 0.195. The SMILES string of the molecule is CNc1ccccc1C(=O)C1CCN(C)CC1. The van der Waals surface area contributed by atoms with Crippen molar-refractivity contribution in [1.82, 2.24) is 4.90 Å². The molecule has 0 bridgehead atoms. The van der Waals surface area contributed by atoms with Crippen molar-refractivity contribution in [3.8, 4) is 0 Å². The molecule has 1 heterocycles. The number of rotatable bonds is 3. The van der Waals surface area contributed by atoms with Gasteiger partial charge in [0.05, 0.1) is 0 Å². The minimum Gasteiger partial charge on any atom is -0.388 e. The second-order valence-electron chi connectivity index (χ2n) is 4.74. The molecule has 0 radical (unpaired) electrons. The normalized spacial score (nSPS) is 18.0. The Balaban J connectivity index is 2.14. The van der Waals surface area contributed by atoms with Crippen LogP contribution in [0.1, 0.15) is 23.2 Å². The van der Waals surface area contributed by atoms with Crippen LogP contribution in [0.3, 0.4) is 0 Å². The number of likely N-dealkylation sites (tertiary alicyclic amines) is 1. The molecule has 2 rings (SSSR count). The summed E-state index contributed by atoms with van der Waals surface area (Å²) in [5.41, 5.74) is 1.78. The Kier molecular flexibility index (Phi) is 3.79. The number of piperidine rings is 1. The van der Waals surface area contributed by atoms with Gasteiger partial charge < -0.3 is 10.2 Å². The Morgan fingerprint density at radius 3 is 2.59 bits per heavy atom. The summed E-state index contributed by atoms with van der Waals surface area (Å²) in [5.74, 6) is 0.490. The smallest absolute Gasteiger partial charge is 0.168 e. The molecule has 1 aliphatic heterocycles. The largest absolute Gasteiger partial charge is 0.388 e. The van der Waals surface area contributed by atoms with Crippen LogP contribution in [0.15, 0.2) is 24.3 Å². The van der Waals surface area contributed by atoms with Crippen LogP contribution in [0.25, 0.3) is 0 Å². The number of hydrogen-bond acceptors (Lipinski definition) is 3. The number of nitrogens with zero attached hydrogens (tertiary/aromatic N) is 1. The third-order valence-electron chi connectivity index (χ3n) is 3.55. The Morgan fingerprint density at radius 2 is 1.94 bits per heavy atom. The summed E-state index contributed by atoms with van der Waals surface area (Å²) >= 11 is 0. The third kappa shape index (κ3) is 2.67. The molecule has 1 aliphatic rings. The second-order valence-corrected chi connectivity index (χ2v) is 4.74. The van der Waals surface area contributed by atoms with E-state index in [9.17, 15) is 4.79 Å². The van der Waals surface area contributed by atoms with E-state index in [1.165, 1.54) is 0 Å². The monoisotopic (exact) mass is 232 g/mol. The van der Waals surface area contributed by atoms with Gasteiger partial charge in [-0.15, -0.1) is 0 Å². The van der Waals surface area contributed by atoms with Crippen molar-refractivity contribution < 1.29 is 4.79 Å². The summed E-state index contributed by atoms with van der Waals surface area (Å²) in [6.45, 7) is 2.05. The fourth-order valence-corrected chi connectivity index (χ4v) is 2.41. The van der Waals surface area contributed by atoms with Gasteiger partial charge in [-0.3, -0.25) is 4.79 Å². The topological polar surface area (TPSA) is 32.3 Å². The average Bonchev–Trinajstić information content (AvgIpc) is 2.39. The first-order chi connectivity index (χ1) is 8.22. The molecule has 1 N–H and O–H groups in total. The maximum absolute atomic E-state index is 12.4. The highest BCUT2D eigenvalue weighted by atomic mass is 16.1. The first kappa shape index (κ1) is 12.1. The highest BCUT2D eigenvalue weighted by molar-refractivity contribution is 6.02. The molecule has 3 nitrogen and oxygen atoms in total. The van der Waals surface area contributed by atoms with Crippen LogP contribution in [0.4, 0.5) is 5.69 Å². The van der Waals surface area contributed by atoms with E-state index < -0.39 is 0 Å². The van der Waals surface area contributed by atoms with Crippen LogP contribution in [0.5, 0.6) is 0 Å². The lowest BCUT2D eigenvalue weighted by Gasteiger charge is -2.28. The summed E-state index contributed by atoms with van der Waals surface area (Å²) in [6, 6.07) is 7.77. The van der Waals surface area contributed by atoms with Gasteiger partial charge in [-0.2, -0.15) is 0 Å². The van der Waals surface area contributed by atoms with Gasteiger partial charge in [0, 0.05) is 24.2 Å². The molecule has 1 aromatic rings. The molecule has 0 unspecified atom stereocenters. The number of ketones is 1. The molecule has 0 saturated carbocycles. The summed E-state index contributed by atoms with van der Waals surface area (Å²) < 4.78 is 0. The average molecular weight is 232 g/mol. The Hall–Kier alpha value is -1.35. The van der Waals surface area contributed by atoms with Gasteiger partial charge in [-0.05, 0) is 45.1 Å². The van der Waals surface area contributed by atoms with Gasteiger partial charge in [0.2, 0.25) is 0 Å². The number of para-hydroxylation sites is 1. The van der Waals surface area contributed by atoms with Crippen molar-refractivity contribution >= 4 is 11.5 Å². The zero-order valence-electron chi connectivity index (χ0n) is 10.6. The number of benzene rings is 1. The van der Waals surface area contributed by atoms with E-state index >= 15 is 0 Å². The first-order valence-electron chi connectivity index (χ1n) is 6.22. The standard InChI is InChI=1S/C14H20N2O/c1-15-13-6-4-3-5-12(13)14(17)11-7-9-16(2)10-8-11/h3-6,11,15H,7-10H2,1-2H3. The number of carbonyl (C=O) groups is 1. The van der Waals surface area contributed by atoms with Gasteiger partial charge in [-0.25, -0.2) is 0 Å². The molecular weight excluding hydrogens is 212 g/mol. The summed E-state index contributed by atoms with van der Waals surface area (Å²) in [7, 11) is 3.98. The maximum atomic E-state index is 12.4. The molecule has 0 aliphatic carbocycles. The van der Waals surface area contributed by atoms with Crippen molar-refractivity contribution in [2.75, 3.05) is 32.5 Å². The first-order valence-corrected chi connectivity index (χ1v) is 6.22. The maximum Gasteiger partial charge on any atom is 0.168 e. The van der Waals surface area contributed by atoms with Gasteiger partial charge in [0.1, 0.15) is 0 Å². The lowest BCUT2D eigenvalue weighted by atomic mass is 9.88. The number of nitrogens with one attached hydrogen (secondary N) is 1. The quantitative estimate of drug-likeness (QED) is 0.811. The number of anilines is 1. The minimum absolute atomic E-state index is 0.195. The van der Waals surface area contributed by atoms with E-state index in [2.05, 4.69) is 17.3 Å². The lowest BCUT2D eigenvalue weighted by Crippen LogP contribution is -2.33. The molecule has 1 aromatic carbocycles. The van der Waals surface area contributed by atoms with Crippen LogP contribution < -0.4 is 5.32 Å². The van der Waals surface area contributed by atoms with Crippen LogP contribution in [-0.2, 0) is 0 Å². The number of hydrogen-bond donors (Lipinski definition) is 1. The van der Waals surface area contributed by atoms with Gasteiger partial charge in [0.15, 0.2) is 5.78 Å². The zero-order chi connectivity index (χ0) is 12.3. The zero-order valence-corrected chi connectivity index (χ0v) is 10.6. The van der Waals surface area contributed by atoms with Crippen molar-refractivity contribution in [2.24, 2.45) is 5.92 Å². The van der Waals surface area contributed by atoms with Crippen LogP contribution in [0, 0.1) is 5.92 Å². The Labute approximate surface area is 103 Å². The highest BCUT2D eigenvalue weighted by Crippen LogP contribution is 2.24. The molecule has 1 saturated heterocycles. The third-order valence-corrected chi connectivity index (χ3v) is 3.55. The van der Waals surface area contributed by atoms with Gasteiger partial charge in [-0.1, -0.05) is 12.1 Å². The van der Waals surface area contributed by atoms with Crippen LogP contribution in [0.2, 0.25) is 0 Å². The van der Waals surface area contributed by atoms with Crippen molar-refractivity contribution in [2.45, 2.75) is 12.8 Å². The van der Waals surface area contributed by atoms with E-state index in [1.807, 2.05) is 31.3 Å². The van der Waals surface area contributed by atoms with E-state index in [4.69, 9.17) is 0 Å². The predicted molar refractivity (Wildman–Crippen MR) is 70.5 cm³/mol. The van der Waals surface area contributed by atoms with Gasteiger partial charge >= 0.3 is 0 Å². The van der Waals surface area contributed by atoms with Crippen LogP contribution >= 0.6 is 0 Å². The molecular formula is C14H20N2O. The fraction of sp³-hybridized carbons (Fsp3) is 0.500. The molecule has 92 valence electrons. The van der Waals surface area contributed by atoms with Gasteiger partial charge in [0.25, 0.3) is 0 Å². The fourth-order valence-electron chi connectivity index (χ4n) is 2.41. The summed E-state index contributed by atoms with van der Waals surface area (Å²) in [4.78, 5) is 14.7. The molecule has 0 aromatic heterocycles. The van der Waals surface area contributed by atoms with E-state index in [0.717, 1.165) is 37.2 Å². The predicted octanol–water partition coefficient (Wildman–Crippen LogP) is 2.25. The number of carbonyl (C=O) groups excluding carboxylic acids is 1. The van der Waals surface area contributed by atoms with E-state index in [1.54, 1.807) is 0 Å². The van der Waals surface area contributed by atoms with Crippen molar-refractivity contribution in [3.63, 3.8) is 0 Å². The molecule has 0 spiro atoms. The molecule has 17 heavy (non-hydrogen) atoms. The molecule has 1 fully saturated rings. The molecule has 0 amide bonds. The lowest BCUT2D eigenvalue weighted by molar-refractivity contribution is 0.0857.